The zero-order valence-corrected chi connectivity index (χ0v) is 18.7. The quantitative estimate of drug-likeness (QED) is 0.429. The molecule has 0 atom stereocenters. The Morgan fingerprint density at radius 2 is 1.59 bits per heavy atom. The third-order valence-electron chi connectivity index (χ3n) is 5.01. The highest BCUT2D eigenvalue weighted by molar-refractivity contribution is 7.99. The third kappa shape index (κ3) is 5.15. The molecule has 0 spiro atoms. The van der Waals surface area contributed by atoms with E-state index in [0.29, 0.717) is 16.3 Å². The van der Waals surface area contributed by atoms with Gasteiger partial charge in [-0.1, -0.05) is 48.5 Å². The normalized spacial score (nSPS) is 10.7. The fraction of sp³-hybridized carbons (Fsp3) is 0.115. The molecule has 0 radical (unpaired) electrons. The van der Waals surface area contributed by atoms with Crippen LogP contribution in [0.5, 0.6) is 0 Å². The summed E-state index contributed by atoms with van der Waals surface area (Å²) >= 11 is 1.49. The van der Waals surface area contributed by atoms with Crippen molar-refractivity contribution in [2.45, 2.75) is 30.2 Å². The number of carbonyl (C=O) groups is 1. The van der Waals surface area contributed by atoms with Gasteiger partial charge >= 0.3 is 0 Å². The first-order valence-corrected chi connectivity index (χ1v) is 11.2. The molecule has 1 aromatic heterocycles. The van der Waals surface area contributed by atoms with E-state index in [9.17, 15) is 9.59 Å². The lowest BCUT2D eigenvalue weighted by molar-refractivity contribution is 0.102. The summed E-state index contributed by atoms with van der Waals surface area (Å²) < 4.78 is 1.35. The summed E-state index contributed by atoms with van der Waals surface area (Å²) in [5.41, 5.74) is 4.03. The van der Waals surface area contributed by atoms with E-state index in [4.69, 9.17) is 0 Å². The van der Waals surface area contributed by atoms with Crippen molar-refractivity contribution >= 4 is 23.4 Å². The number of aromatic nitrogens is 2. The van der Waals surface area contributed by atoms with Gasteiger partial charge in [-0.05, 0) is 73.5 Å². The summed E-state index contributed by atoms with van der Waals surface area (Å²) in [6.45, 7) is 4.13. The highest BCUT2D eigenvalue weighted by Crippen LogP contribution is 2.25. The first-order chi connectivity index (χ1) is 15.5. The van der Waals surface area contributed by atoms with E-state index in [2.05, 4.69) is 17.3 Å². The van der Waals surface area contributed by atoms with Gasteiger partial charge in [-0.25, -0.2) is 0 Å². The van der Waals surface area contributed by atoms with Crippen molar-refractivity contribution in [3.05, 3.63) is 112 Å². The van der Waals surface area contributed by atoms with Crippen LogP contribution < -0.4 is 10.9 Å². The van der Waals surface area contributed by atoms with Gasteiger partial charge in [-0.15, -0.1) is 0 Å². The fourth-order valence-electron chi connectivity index (χ4n) is 3.14. The Balaban J connectivity index is 1.50. The van der Waals surface area contributed by atoms with Crippen molar-refractivity contribution in [1.82, 2.24) is 9.78 Å². The van der Waals surface area contributed by atoms with Crippen molar-refractivity contribution < 1.29 is 4.79 Å². The number of amides is 1. The van der Waals surface area contributed by atoms with Crippen LogP contribution >= 0.6 is 11.8 Å². The predicted molar refractivity (Wildman–Crippen MR) is 129 cm³/mol. The van der Waals surface area contributed by atoms with Crippen LogP contribution in [0.1, 0.15) is 28.4 Å². The Labute approximate surface area is 191 Å². The van der Waals surface area contributed by atoms with Crippen LogP contribution in [-0.2, 0) is 6.42 Å². The van der Waals surface area contributed by atoms with Gasteiger partial charge in [0.15, 0.2) is 0 Å². The summed E-state index contributed by atoms with van der Waals surface area (Å²) in [6.07, 6.45) is 0.952. The van der Waals surface area contributed by atoms with Gasteiger partial charge in [0.25, 0.3) is 11.5 Å². The standard InChI is InChI=1S/C26H23N3O2S/c1-3-19-6-10-21(11-7-19)27-26(31)20-8-12-22(13-9-20)29-25(30)17-16-24(28-29)32-23-14-4-18(2)5-15-23/h4-17H,3H2,1-2H3,(H,27,31). The summed E-state index contributed by atoms with van der Waals surface area (Å²) in [5.74, 6) is -0.204. The van der Waals surface area contributed by atoms with Crippen LogP contribution in [0.2, 0.25) is 0 Å². The predicted octanol–water partition coefficient (Wildman–Crippen LogP) is 5.51. The molecule has 1 N–H and O–H groups in total. The lowest BCUT2D eigenvalue weighted by Gasteiger charge is -2.09. The maximum atomic E-state index is 12.6. The molecule has 0 saturated carbocycles. The molecule has 0 saturated heterocycles. The molecule has 0 aliphatic heterocycles. The molecule has 0 fully saturated rings. The topological polar surface area (TPSA) is 64.0 Å². The van der Waals surface area contributed by atoms with Crippen LogP contribution in [0.15, 0.2) is 99.6 Å². The van der Waals surface area contributed by atoms with Gasteiger partial charge < -0.3 is 5.32 Å². The van der Waals surface area contributed by atoms with Crippen LogP contribution in [0.3, 0.4) is 0 Å². The number of nitrogens with one attached hydrogen (secondary N) is 1. The number of benzene rings is 3. The van der Waals surface area contributed by atoms with E-state index in [1.807, 2.05) is 55.5 Å². The average molecular weight is 442 g/mol. The van der Waals surface area contributed by atoms with E-state index in [-0.39, 0.29) is 11.5 Å². The molecule has 0 aliphatic carbocycles. The summed E-state index contributed by atoms with van der Waals surface area (Å²) in [5, 5.41) is 8.09. The van der Waals surface area contributed by atoms with Gasteiger partial charge in [0.1, 0.15) is 5.03 Å². The van der Waals surface area contributed by atoms with E-state index in [1.54, 1.807) is 30.3 Å². The summed E-state index contributed by atoms with van der Waals surface area (Å²) in [4.78, 5) is 26.0. The van der Waals surface area contributed by atoms with Crippen molar-refractivity contribution in [3.8, 4) is 5.69 Å². The number of nitrogens with zero attached hydrogens (tertiary/aromatic N) is 2. The molecule has 1 heterocycles. The Morgan fingerprint density at radius 1 is 0.906 bits per heavy atom. The van der Waals surface area contributed by atoms with Gasteiger partial charge in [0, 0.05) is 22.2 Å². The molecule has 0 unspecified atom stereocenters. The largest absolute Gasteiger partial charge is 0.322 e. The number of rotatable bonds is 6. The minimum absolute atomic E-state index is 0.204. The number of anilines is 1. The summed E-state index contributed by atoms with van der Waals surface area (Å²) in [6, 6.07) is 26.0. The second-order valence-corrected chi connectivity index (χ2v) is 8.48. The maximum absolute atomic E-state index is 12.6. The first kappa shape index (κ1) is 21.6. The minimum atomic E-state index is -0.230. The molecule has 1 amide bonds. The molecule has 4 rings (SSSR count). The lowest BCUT2D eigenvalue weighted by Crippen LogP contribution is -2.20. The Morgan fingerprint density at radius 3 is 2.25 bits per heavy atom. The number of hydrogen-bond acceptors (Lipinski definition) is 4. The minimum Gasteiger partial charge on any atom is -0.322 e. The molecule has 5 nitrogen and oxygen atoms in total. The lowest BCUT2D eigenvalue weighted by atomic mass is 10.1. The van der Waals surface area contributed by atoms with E-state index in [1.165, 1.54) is 33.6 Å². The molecule has 0 aliphatic rings. The van der Waals surface area contributed by atoms with Crippen molar-refractivity contribution in [2.24, 2.45) is 0 Å². The Hall–Kier alpha value is -3.64. The van der Waals surface area contributed by atoms with Crippen molar-refractivity contribution in [3.63, 3.8) is 0 Å². The van der Waals surface area contributed by atoms with Crippen molar-refractivity contribution in [1.29, 1.82) is 0 Å². The van der Waals surface area contributed by atoms with Crippen molar-refractivity contribution in [2.75, 3.05) is 5.32 Å². The van der Waals surface area contributed by atoms with Gasteiger partial charge in [0.2, 0.25) is 0 Å². The molecule has 6 heteroatoms. The Bertz CT molecular complexity index is 1280. The number of carbonyl (C=O) groups excluding carboxylic acids is 1. The molecule has 32 heavy (non-hydrogen) atoms. The highest BCUT2D eigenvalue weighted by Gasteiger charge is 2.09. The monoisotopic (exact) mass is 441 g/mol. The van der Waals surface area contributed by atoms with Crippen LogP contribution in [0.4, 0.5) is 5.69 Å². The molecule has 0 bridgehead atoms. The third-order valence-corrected chi connectivity index (χ3v) is 5.95. The average Bonchev–Trinajstić information content (AvgIpc) is 2.82. The smallest absolute Gasteiger partial charge is 0.271 e. The second-order valence-electron chi connectivity index (χ2n) is 7.39. The number of aryl methyl sites for hydroxylation is 2. The SMILES string of the molecule is CCc1ccc(NC(=O)c2ccc(-n3nc(Sc4ccc(C)cc4)ccc3=O)cc2)cc1. The molecule has 4 aromatic rings. The van der Waals surface area contributed by atoms with Crippen LogP contribution in [0.25, 0.3) is 5.69 Å². The van der Waals surface area contributed by atoms with Crippen LogP contribution in [-0.4, -0.2) is 15.7 Å². The molecule has 160 valence electrons. The Kier molecular flexibility index (Phi) is 6.52. The van der Waals surface area contributed by atoms with Gasteiger partial charge in [-0.2, -0.15) is 9.78 Å². The molecular weight excluding hydrogens is 418 g/mol. The zero-order valence-electron chi connectivity index (χ0n) is 17.9. The van der Waals surface area contributed by atoms with Gasteiger partial charge in [-0.3, -0.25) is 9.59 Å². The summed E-state index contributed by atoms with van der Waals surface area (Å²) in [7, 11) is 0. The van der Waals surface area contributed by atoms with E-state index < -0.39 is 0 Å². The first-order valence-electron chi connectivity index (χ1n) is 10.4. The highest BCUT2D eigenvalue weighted by atomic mass is 32.2. The second kappa shape index (κ2) is 9.66. The molecule has 3 aromatic carbocycles. The maximum Gasteiger partial charge on any atom is 0.271 e. The number of hydrogen-bond donors (Lipinski definition) is 1. The fourth-order valence-corrected chi connectivity index (χ4v) is 3.91. The van der Waals surface area contributed by atoms with Crippen LogP contribution in [0, 0.1) is 6.92 Å². The van der Waals surface area contributed by atoms with Gasteiger partial charge in [0.05, 0.1) is 5.69 Å². The van der Waals surface area contributed by atoms with E-state index >= 15 is 0 Å². The zero-order chi connectivity index (χ0) is 22.5. The van der Waals surface area contributed by atoms with E-state index in [0.717, 1.165) is 17.0 Å². The molecular formula is C26H23N3O2S.